The summed E-state index contributed by atoms with van der Waals surface area (Å²) in [5, 5.41) is 0.369. The highest BCUT2D eigenvalue weighted by molar-refractivity contribution is 6.30. The molecular formula is C31H26ClFN2O5. The summed E-state index contributed by atoms with van der Waals surface area (Å²) in [6.07, 6.45) is 0.130. The van der Waals surface area contributed by atoms with Crippen LogP contribution in [0, 0.1) is 11.7 Å². The number of Topliss-reactive ketones (excluding diaryl/α,β-unsaturated/α-hetero) is 1. The van der Waals surface area contributed by atoms with Crippen molar-refractivity contribution in [1.82, 2.24) is 0 Å². The first kappa shape index (κ1) is 27.1. The van der Waals surface area contributed by atoms with Crippen LogP contribution in [0.25, 0.3) is 0 Å². The van der Waals surface area contributed by atoms with E-state index in [2.05, 4.69) is 0 Å². The van der Waals surface area contributed by atoms with Gasteiger partial charge in [0.15, 0.2) is 5.78 Å². The third-order valence-corrected chi connectivity index (χ3v) is 7.64. The van der Waals surface area contributed by atoms with Gasteiger partial charge in [-0.3, -0.25) is 14.5 Å². The van der Waals surface area contributed by atoms with Crippen molar-refractivity contribution in [2.75, 3.05) is 19.1 Å². The highest BCUT2D eigenvalue weighted by Gasteiger charge is 2.51. The van der Waals surface area contributed by atoms with E-state index in [9.17, 15) is 14.4 Å². The molecule has 3 atom stereocenters. The van der Waals surface area contributed by atoms with Crippen LogP contribution in [0.2, 0.25) is 5.02 Å². The number of halogens is 2. The predicted octanol–water partition coefficient (Wildman–Crippen LogP) is 5.23. The average Bonchev–Trinajstić information content (AvgIpc) is 2.96. The zero-order valence-electron chi connectivity index (χ0n) is 21.8. The summed E-state index contributed by atoms with van der Waals surface area (Å²) in [7, 11) is 2.42. The third kappa shape index (κ3) is 4.54. The fourth-order valence-corrected chi connectivity index (χ4v) is 5.87. The van der Waals surface area contributed by atoms with Crippen LogP contribution in [0.3, 0.4) is 0 Å². The summed E-state index contributed by atoms with van der Waals surface area (Å²) in [5.41, 5.74) is 8.40. The summed E-state index contributed by atoms with van der Waals surface area (Å²) in [5.74, 6) is -5.64. The molecule has 0 amide bonds. The molecular weight excluding hydrogens is 535 g/mol. The van der Waals surface area contributed by atoms with E-state index in [0.717, 1.165) is 5.56 Å². The molecule has 1 aliphatic heterocycles. The van der Waals surface area contributed by atoms with E-state index in [1.54, 1.807) is 30.3 Å². The molecule has 3 aromatic rings. The minimum absolute atomic E-state index is 0.0505. The van der Waals surface area contributed by atoms with E-state index in [1.807, 2.05) is 30.3 Å². The lowest BCUT2D eigenvalue weighted by atomic mass is 9.67. The molecule has 5 rings (SSSR count). The van der Waals surface area contributed by atoms with Gasteiger partial charge in [0.2, 0.25) is 0 Å². The Labute approximate surface area is 235 Å². The number of benzene rings is 3. The molecule has 0 unspecified atom stereocenters. The fourth-order valence-electron chi connectivity index (χ4n) is 5.68. The number of carbonyl (C=O) groups excluding carboxylic acids is 3. The van der Waals surface area contributed by atoms with Crippen LogP contribution in [-0.4, -0.2) is 31.9 Å². The number of hydrogen-bond donors (Lipinski definition) is 1. The molecule has 2 aliphatic rings. The first-order valence-electron chi connectivity index (χ1n) is 12.6. The molecule has 0 saturated carbocycles. The minimum atomic E-state index is -1.21. The molecule has 0 spiro atoms. The van der Waals surface area contributed by atoms with Gasteiger partial charge in [0.25, 0.3) is 0 Å². The maximum Gasteiger partial charge on any atom is 0.338 e. The van der Waals surface area contributed by atoms with Crippen molar-refractivity contribution >= 4 is 35.0 Å². The van der Waals surface area contributed by atoms with Crippen molar-refractivity contribution in [1.29, 1.82) is 0 Å². The fraction of sp³-hybridized carbons (Fsp3) is 0.194. The number of ketones is 1. The van der Waals surface area contributed by atoms with Crippen LogP contribution in [0.1, 0.15) is 29.4 Å². The maximum atomic E-state index is 15.3. The summed E-state index contributed by atoms with van der Waals surface area (Å²) in [6, 6.07) is 21.7. The van der Waals surface area contributed by atoms with Gasteiger partial charge < -0.3 is 15.2 Å². The second-order valence-electron chi connectivity index (χ2n) is 9.51. The molecule has 0 fully saturated rings. The number of carbonyl (C=O) groups is 3. The summed E-state index contributed by atoms with van der Waals surface area (Å²) < 4.78 is 25.5. The van der Waals surface area contributed by atoms with Gasteiger partial charge in [-0.05, 0) is 41.8 Å². The SMILES string of the molecule is COC(=O)C1=C(N)N(c2ccccc2F)C2=C(C(=O)[C@H](C(=O)OC)[C@H](c3ccccc3)C2)[C@H]1c1cccc(Cl)c1. The van der Waals surface area contributed by atoms with Crippen molar-refractivity contribution in [3.05, 3.63) is 123 Å². The van der Waals surface area contributed by atoms with E-state index in [1.165, 1.54) is 37.3 Å². The van der Waals surface area contributed by atoms with E-state index in [0.29, 0.717) is 16.3 Å². The Morgan fingerprint density at radius 3 is 2.27 bits per heavy atom. The Hall–Kier alpha value is -4.43. The quantitative estimate of drug-likeness (QED) is 0.337. The number of rotatable bonds is 5. The van der Waals surface area contributed by atoms with Crippen molar-refractivity contribution in [2.45, 2.75) is 18.3 Å². The lowest BCUT2D eigenvalue weighted by molar-refractivity contribution is -0.150. The Morgan fingerprint density at radius 1 is 0.950 bits per heavy atom. The largest absolute Gasteiger partial charge is 0.468 e. The number of hydrogen-bond acceptors (Lipinski definition) is 7. The Balaban J connectivity index is 1.85. The number of anilines is 1. The van der Waals surface area contributed by atoms with Crippen LogP contribution in [-0.2, 0) is 23.9 Å². The van der Waals surface area contributed by atoms with Gasteiger partial charge in [-0.1, -0.05) is 66.2 Å². The van der Waals surface area contributed by atoms with Crippen LogP contribution < -0.4 is 10.6 Å². The highest BCUT2D eigenvalue weighted by atomic mass is 35.5. The van der Waals surface area contributed by atoms with Crippen molar-refractivity contribution in [2.24, 2.45) is 11.7 Å². The van der Waals surface area contributed by atoms with E-state index in [4.69, 9.17) is 26.8 Å². The molecule has 1 heterocycles. The Morgan fingerprint density at radius 2 is 1.62 bits per heavy atom. The number of esters is 2. The number of nitrogens with two attached hydrogens (primary N) is 1. The zero-order chi connectivity index (χ0) is 28.6. The van der Waals surface area contributed by atoms with Crippen LogP contribution in [0.4, 0.5) is 10.1 Å². The molecule has 7 nitrogen and oxygen atoms in total. The highest BCUT2D eigenvalue weighted by Crippen LogP contribution is 2.51. The van der Waals surface area contributed by atoms with E-state index >= 15 is 4.39 Å². The Bertz CT molecular complexity index is 1570. The van der Waals surface area contributed by atoms with Gasteiger partial charge in [-0.15, -0.1) is 0 Å². The molecule has 40 heavy (non-hydrogen) atoms. The third-order valence-electron chi connectivity index (χ3n) is 7.40. The second kappa shape index (κ2) is 11.0. The van der Waals surface area contributed by atoms with Gasteiger partial charge in [-0.2, -0.15) is 0 Å². The van der Waals surface area contributed by atoms with E-state index < -0.39 is 41.3 Å². The monoisotopic (exact) mass is 560 g/mol. The number of para-hydroxylation sites is 1. The average molecular weight is 561 g/mol. The molecule has 9 heteroatoms. The molecule has 1 aliphatic carbocycles. The standard InChI is InChI=1S/C31H26ClFN2O5/c1-39-30(37)25-20(17-9-4-3-5-10-17)16-23-26(28(25)36)24(18-11-8-12-19(32)15-18)27(31(38)40-2)29(34)35(23)22-14-7-6-13-21(22)33/h3-15,20,24-25H,16,34H2,1-2H3/t20-,24+,25+/m0/s1. The lowest BCUT2D eigenvalue weighted by Crippen LogP contribution is -2.46. The van der Waals surface area contributed by atoms with Gasteiger partial charge in [0.05, 0.1) is 31.4 Å². The molecule has 0 aromatic heterocycles. The second-order valence-corrected chi connectivity index (χ2v) is 9.95. The van der Waals surface area contributed by atoms with Crippen LogP contribution >= 0.6 is 11.6 Å². The topological polar surface area (TPSA) is 98.9 Å². The Kier molecular flexibility index (Phi) is 7.45. The predicted molar refractivity (Wildman–Crippen MR) is 148 cm³/mol. The molecule has 204 valence electrons. The minimum Gasteiger partial charge on any atom is -0.468 e. The van der Waals surface area contributed by atoms with Gasteiger partial charge in [-0.25, -0.2) is 9.18 Å². The molecule has 0 saturated heterocycles. The summed E-state index contributed by atoms with van der Waals surface area (Å²) >= 11 is 6.32. The summed E-state index contributed by atoms with van der Waals surface area (Å²) in [4.78, 5) is 42.4. The van der Waals surface area contributed by atoms with Crippen molar-refractivity contribution in [3.8, 4) is 0 Å². The smallest absolute Gasteiger partial charge is 0.338 e. The van der Waals surface area contributed by atoms with Crippen molar-refractivity contribution in [3.63, 3.8) is 0 Å². The number of allylic oxidation sites excluding steroid dienone is 2. The van der Waals surface area contributed by atoms with E-state index in [-0.39, 0.29) is 29.1 Å². The number of ether oxygens (including phenoxy) is 2. The van der Waals surface area contributed by atoms with Crippen LogP contribution in [0.5, 0.6) is 0 Å². The molecule has 0 bridgehead atoms. The van der Waals surface area contributed by atoms with Gasteiger partial charge >= 0.3 is 11.9 Å². The summed E-state index contributed by atoms with van der Waals surface area (Å²) in [6.45, 7) is 0. The van der Waals surface area contributed by atoms with Crippen LogP contribution in [0.15, 0.2) is 102 Å². The van der Waals surface area contributed by atoms with Gasteiger partial charge in [0, 0.05) is 22.2 Å². The number of methoxy groups -OCH3 is 2. The first-order valence-corrected chi connectivity index (χ1v) is 12.9. The molecule has 2 N–H and O–H groups in total. The molecule has 3 aromatic carbocycles. The zero-order valence-corrected chi connectivity index (χ0v) is 22.5. The van der Waals surface area contributed by atoms with Gasteiger partial charge in [0.1, 0.15) is 17.6 Å². The lowest BCUT2D eigenvalue weighted by Gasteiger charge is -2.44. The normalized spacial score (nSPS) is 20.8. The first-order chi connectivity index (χ1) is 19.3. The molecule has 0 radical (unpaired) electrons. The maximum absolute atomic E-state index is 15.3. The number of nitrogens with zero attached hydrogens (tertiary/aromatic N) is 1. The van der Waals surface area contributed by atoms with Crippen molar-refractivity contribution < 1.29 is 28.2 Å².